The molecule has 0 aromatic heterocycles. The second-order valence-electron chi connectivity index (χ2n) is 8.60. The lowest BCUT2D eigenvalue weighted by atomic mass is 9.89. The second kappa shape index (κ2) is 8.96. The summed E-state index contributed by atoms with van der Waals surface area (Å²) in [6.45, 7) is 4.68. The molecule has 2 N–H and O–H groups in total. The van der Waals surface area contributed by atoms with Gasteiger partial charge in [0.2, 0.25) is 0 Å². The molecule has 1 amide bonds. The Morgan fingerprint density at radius 3 is 2.40 bits per heavy atom. The van der Waals surface area contributed by atoms with Gasteiger partial charge in [0.15, 0.2) is 0 Å². The van der Waals surface area contributed by atoms with E-state index in [2.05, 4.69) is 4.36 Å². The van der Waals surface area contributed by atoms with Gasteiger partial charge in [0.25, 0.3) is 5.91 Å². The van der Waals surface area contributed by atoms with Crippen LogP contribution in [0.2, 0.25) is 0 Å². The van der Waals surface area contributed by atoms with Crippen molar-refractivity contribution in [3.8, 4) is 0 Å². The van der Waals surface area contributed by atoms with E-state index in [1.165, 1.54) is 12.1 Å². The van der Waals surface area contributed by atoms with Crippen LogP contribution < -0.4 is 5.14 Å². The lowest BCUT2D eigenvalue weighted by Gasteiger charge is -2.17. The van der Waals surface area contributed by atoms with E-state index in [1.54, 1.807) is 12.1 Å². The van der Waals surface area contributed by atoms with E-state index >= 15 is 0 Å². The molecule has 0 heterocycles. The predicted octanol–water partition coefficient (Wildman–Crippen LogP) is 4.36. The lowest BCUT2D eigenvalue weighted by molar-refractivity contribution is -0.117. The largest absolute Gasteiger partial charge is 0.305 e. The number of carbonyl (C=O) groups is 1. The summed E-state index contributed by atoms with van der Waals surface area (Å²) in [5, 5.41) is 5.95. The fourth-order valence-electron chi connectivity index (χ4n) is 3.70. The Hall–Kier alpha value is -2.09. The summed E-state index contributed by atoms with van der Waals surface area (Å²) in [5.41, 5.74) is 3.53. The van der Waals surface area contributed by atoms with Gasteiger partial charge in [-0.2, -0.15) is 0 Å². The van der Waals surface area contributed by atoms with Crippen molar-refractivity contribution < 1.29 is 13.4 Å². The number of hydrogen-bond donors (Lipinski definition) is 1. The number of nitrogens with two attached hydrogens (primary N) is 1. The zero-order valence-electron chi connectivity index (χ0n) is 18.0. The molecule has 0 saturated heterocycles. The van der Waals surface area contributed by atoms with Crippen molar-refractivity contribution in [2.75, 3.05) is 14.1 Å². The Morgan fingerprint density at radius 2 is 1.87 bits per heavy atom. The number of benzene rings is 2. The van der Waals surface area contributed by atoms with Gasteiger partial charge in [0.1, 0.15) is 15.7 Å². The molecule has 1 aliphatic rings. The van der Waals surface area contributed by atoms with E-state index in [0.29, 0.717) is 4.90 Å². The number of halogens is 1. The molecule has 0 radical (unpaired) electrons. The number of hydrogen-bond acceptors (Lipinski definition) is 3. The number of rotatable bonds is 7. The summed E-state index contributed by atoms with van der Waals surface area (Å²) >= 11 is 0. The zero-order chi connectivity index (χ0) is 22.1. The van der Waals surface area contributed by atoms with Crippen molar-refractivity contribution in [3.05, 3.63) is 64.5 Å². The Kier molecular flexibility index (Phi) is 6.75. The smallest absolute Gasteiger partial charge is 0.259 e. The van der Waals surface area contributed by atoms with Crippen LogP contribution >= 0.6 is 0 Å². The van der Waals surface area contributed by atoms with Crippen molar-refractivity contribution >= 4 is 15.8 Å². The van der Waals surface area contributed by atoms with Crippen molar-refractivity contribution in [1.82, 2.24) is 4.90 Å². The SMILES string of the molecule is CC(C)c1cc(F)cc(C2CC2)c1CC(=O)N=S(N)(=O)c1ccc(CN(C)C)cc1. The first-order valence-corrected chi connectivity index (χ1v) is 11.8. The molecule has 5 nitrogen and oxygen atoms in total. The Labute approximate surface area is 178 Å². The Morgan fingerprint density at radius 1 is 1.23 bits per heavy atom. The van der Waals surface area contributed by atoms with Gasteiger partial charge < -0.3 is 4.90 Å². The molecule has 1 saturated carbocycles. The molecule has 3 rings (SSSR count). The van der Waals surface area contributed by atoms with Crippen molar-refractivity contribution in [2.24, 2.45) is 9.50 Å². The van der Waals surface area contributed by atoms with E-state index in [0.717, 1.165) is 41.6 Å². The maximum atomic E-state index is 14.1. The molecule has 162 valence electrons. The molecule has 0 spiro atoms. The summed E-state index contributed by atoms with van der Waals surface area (Å²) in [4.78, 5) is 15.1. The number of nitrogens with zero attached hydrogens (tertiary/aromatic N) is 2. The molecule has 0 aliphatic heterocycles. The fraction of sp³-hybridized carbons (Fsp3) is 0.435. The highest BCUT2D eigenvalue weighted by Crippen LogP contribution is 2.43. The first-order chi connectivity index (χ1) is 14.1. The average Bonchev–Trinajstić information content (AvgIpc) is 3.47. The van der Waals surface area contributed by atoms with Gasteiger partial charge >= 0.3 is 0 Å². The molecule has 1 aliphatic carbocycles. The maximum absolute atomic E-state index is 14.1. The van der Waals surface area contributed by atoms with Crippen molar-refractivity contribution in [2.45, 2.75) is 56.4 Å². The molecule has 0 bridgehead atoms. The third kappa shape index (κ3) is 5.53. The minimum atomic E-state index is -3.35. The van der Waals surface area contributed by atoms with Gasteiger partial charge in [0, 0.05) is 6.54 Å². The van der Waals surface area contributed by atoms with Gasteiger partial charge in [-0.1, -0.05) is 26.0 Å². The monoisotopic (exact) mass is 431 g/mol. The topological polar surface area (TPSA) is 75.8 Å². The standard InChI is InChI=1S/C23H30FN3O2S/c1-15(2)20-11-18(24)12-21(17-7-8-17)22(20)13-23(28)26-30(25,29)19-9-5-16(6-10-19)14-27(3)4/h5-6,9-12,15,17H,7-8,13-14H2,1-4H3,(H2,25,26,28,29). The minimum absolute atomic E-state index is 0.0213. The van der Waals surface area contributed by atoms with E-state index < -0.39 is 15.8 Å². The number of amides is 1. The van der Waals surface area contributed by atoms with Crippen LogP contribution in [0.15, 0.2) is 45.7 Å². The summed E-state index contributed by atoms with van der Waals surface area (Å²) in [5.74, 6) is -0.482. The molecule has 1 unspecified atom stereocenters. The molecule has 2 aromatic carbocycles. The van der Waals surface area contributed by atoms with Gasteiger partial charge in [-0.3, -0.25) is 4.79 Å². The second-order valence-corrected chi connectivity index (χ2v) is 10.4. The average molecular weight is 432 g/mol. The first-order valence-electron chi connectivity index (χ1n) is 10.2. The van der Waals surface area contributed by atoms with Crippen LogP contribution in [-0.4, -0.2) is 29.1 Å². The van der Waals surface area contributed by atoms with Crippen LogP contribution in [0.5, 0.6) is 0 Å². The molecule has 2 aromatic rings. The van der Waals surface area contributed by atoms with Crippen LogP contribution in [0.1, 0.15) is 60.8 Å². The van der Waals surface area contributed by atoms with Crippen LogP contribution in [0.25, 0.3) is 0 Å². The Bertz CT molecular complexity index is 1030. The molecule has 1 fully saturated rings. The summed E-state index contributed by atoms with van der Waals surface area (Å²) in [7, 11) is 0.580. The van der Waals surface area contributed by atoms with Gasteiger partial charge in [-0.05, 0) is 85.3 Å². The van der Waals surface area contributed by atoms with Crippen LogP contribution in [0.4, 0.5) is 4.39 Å². The van der Waals surface area contributed by atoms with Crippen molar-refractivity contribution in [1.29, 1.82) is 0 Å². The third-order valence-corrected chi connectivity index (χ3v) is 6.67. The summed E-state index contributed by atoms with van der Waals surface area (Å²) in [6.07, 6.45) is 1.96. The molecule has 1 atom stereocenters. The molecular formula is C23H30FN3O2S. The zero-order valence-corrected chi connectivity index (χ0v) is 18.8. The highest BCUT2D eigenvalue weighted by Gasteiger charge is 2.29. The first kappa shape index (κ1) is 22.6. The van der Waals surface area contributed by atoms with E-state index in [1.807, 2.05) is 45.0 Å². The van der Waals surface area contributed by atoms with E-state index in [-0.39, 0.29) is 24.1 Å². The normalized spacial score (nSPS) is 16.0. The lowest BCUT2D eigenvalue weighted by Crippen LogP contribution is -2.17. The summed E-state index contributed by atoms with van der Waals surface area (Å²) in [6, 6.07) is 10.0. The predicted molar refractivity (Wildman–Crippen MR) is 118 cm³/mol. The van der Waals surface area contributed by atoms with Gasteiger partial charge in [-0.25, -0.2) is 13.7 Å². The highest BCUT2D eigenvalue weighted by molar-refractivity contribution is 7.91. The quantitative estimate of drug-likeness (QED) is 0.708. The van der Waals surface area contributed by atoms with E-state index in [9.17, 15) is 13.4 Å². The van der Waals surface area contributed by atoms with Gasteiger partial charge in [0.05, 0.1) is 11.3 Å². The van der Waals surface area contributed by atoms with Crippen LogP contribution in [0, 0.1) is 5.82 Å². The molecule has 30 heavy (non-hydrogen) atoms. The number of carbonyl (C=O) groups excluding carboxylic acids is 1. The Balaban J connectivity index is 1.89. The van der Waals surface area contributed by atoms with Crippen LogP contribution in [0.3, 0.4) is 0 Å². The van der Waals surface area contributed by atoms with Crippen LogP contribution in [-0.2, 0) is 27.7 Å². The van der Waals surface area contributed by atoms with Crippen molar-refractivity contribution in [3.63, 3.8) is 0 Å². The fourth-order valence-corrected chi connectivity index (χ4v) is 4.70. The minimum Gasteiger partial charge on any atom is -0.305 e. The van der Waals surface area contributed by atoms with E-state index in [4.69, 9.17) is 5.14 Å². The highest BCUT2D eigenvalue weighted by atomic mass is 32.2. The summed E-state index contributed by atoms with van der Waals surface area (Å²) < 4.78 is 30.9. The van der Waals surface area contributed by atoms with Gasteiger partial charge in [-0.15, -0.1) is 4.36 Å². The third-order valence-electron chi connectivity index (χ3n) is 5.25. The molecule has 7 heteroatoms. The molecular weight excluding hydrogens is 401 g/mol. The maximum Gasteiger partial charge on any atom is 0.259 e.